The number of thiophene rings is 1. The fourth-order valence-corrected chi connectivity index (χ4v) is 4.54. The van der Waals surface area contributed by atoms with E-state index in [-0.39, 0.29) is 12.2 Å². The Morgan fingerprint density at radius 3 is 2.57 bits per heavy atom. The van der Waals surface area contributed by atoms with Gasteiger partial charge >= 0.3 is 0 Å². The van der Waals surface area contributed by atoms with E-state index in [1.807, 2.05) is 0 Å². The predicted molar refractivity (Wildman–Crippen MR) is 85.0 cm³/mol. The third-order valence-corrected chi connectivity index (χ3v) is 5.86. The molecule has 2 unspecified atom stereocenters. The Bertz CT molecular complexity index is 495. The van der Waals surface area contributed by atoms with Crippen LogP contribution in [0.1, 0.15) is 57.2 Å². The van der Waals surface area contributed by atoms with Gasteiger partial charge in [0.2, 0.25) is 5.91 Å². The number of hydrogen-bond acceptors (Lipinski definition) is 3. The third kappa shape index (κ3) is 2.53. The molecule has 1 aromatic rings. The molecule has 4 heteroatoms. The Morgan fingerprint density at radius 2 is 2.05 bits per heavy atom. The SMILES string of the molecule is CCCC1NC(c2ccsc2)N(C(C2CC2)C2CC2)C1=O. The zero-order valence-electron chi connectivity index (χ0n) is 12.6. The molecule has 2 aliphatic carbocycles. The topological polar surface area (TPSA) is 32.3 Å². The minimum absolute atomic E-state index is 0.0277. The number of hydrogen-bond donors (Lipinski definition) is 1. The molecular weight excluding hydrogens is 280 g/mol. The van der Waals surface area contributed by atoms with E-state index in [9.17, 15) is 4.79 Å². The van der Waals surface area contributed by atoms with Crippen molar-refractivity contribution < 1.29 is 4.79 Å². The van der Waals surface area contributed by atoms with Crippen LogP contribution in [0.4, 0.5) is 0 Å². The zero-order chi connectivity index (χ0) is 14.4. The molecule has 4 rings (SSSR count). The second-order valence-electron chi connectivity index (χ2n) is 6.88. The summed E-state index contributed by atoms with van der Waals surface area (Å²) in [5, 5.41) is 7.94. The number of carbonyl (C=O) groups is 1. The lowest BCUT2D eigenvalue weighted by atomic mass is 10.0. The van der Waals surface area contributed by atoms with E-state index in [1.165, 1.54) is 31.2 Å². The molecule has 114 valence electrons. The van der Waals surface area contributed by atoms with E-state index in [1.54, 1.807) is 11.3 Å². The lowest BCUT2D eigenvalue weighted by molar-refractivity contribution is -0.133. The van der Waals surface area contributed by atoms with Crippen molar-refractivity contribution in [2.45, 2.75) is 63.7 Å². The molecule has 1 amide bonds. The summed E-state index contributed by atoms with van der Waals surface area (Å²) in [5.74, 6) is 1.89. The maximum atomic E-state index is 13.0. The molecule has 2 saturated carbocycles. The van der Waals surface area contributed by atoms with Crippen LogP contribution in [0, 0.1) is 11.8 Å². The van der Waals surface area contributed by atoms with Crippen LogP contribution in [-0.4, -0.2) is 22.9 Å². The summed E-state index contributed by atoms with van der Waals surface area (Å²) in [6.07, 6.45) is 7.41. The first-order valence-corrected chi connectivity index (χ1v) is 9.34. The van der Waals surface area contributed by atoms with Gasteiger partial charge in [-0.05, 0) is 66.3 Å². The van der Waals surface area contributed by atoms with Crippen molar-refractivity contribution in [1.29, 1.82) is 0 Å². The molecule has 1 aromatic heterocycles. The Kier molecular flexibility index (Phi) is 3.54. The van der Waals surface area contributed by atoms with Gasteiger partial charge in [-0.2, -0.15) is 11.3 Å². The largest absolute Gasteiger partial charge is 0.318 e. The highest BCUT2D eigenvalue weighted by Crippen LogP contribution is 2.50. The van der Waals surface area contributed by atoms with Gasteiger partial charge in [-0.1, -0.05) is 13.3 Å². The van der Waals surface area contributed by atoms with Crippen LogP contribution in [0.2, 0.25) is 0 Å². The maximum Gasteiger partial charge on any atom is 0.241 e. The lowest BCUT2D eigenvalue weighted by Gasteiger charge is -2.33. The highest BCUT2D eigenvalue weighted by Gasteiger charge is 2.52. The molecule has 3 fully saturated rings. The van der Waals surface area contributed by atoms with Gasteiger partial charge in [-0.3, -0.25) is 10.1 Å². The van der Waals surface area contributed by atoms with Crippen molar-refractivity contribution in [2.75, 3.05) is 0 Å². The van der Waals surface area contributed by atoms with E-state index in [0.717, 1.165) is 24.7 Å². The van der Waals surface area contributed by atoms with Crippen molar-refractivity contribution in [1.82, 2.24) is 10.2 Å². The lowest BCUT2D eigenvalue weighted by Crippen LogP contribution is -2.42. The number of nitrogens with one attached hydrogen (secondary N) is 1. The monoisotopic (exact) mass is 304 g/mol. The van der Waals surface area contributed by atoms with Gasteiger partial charge < -0.3 is 4.90 Å². The minimum Gasteiger partial charge on any atom is -0.318 e. The second kappa shape index (κ2) is 5.40. The van der Waals surface area contributed by atoms with Crippen molar-refractivity contribution in [3.05, 3.63) is 22.4 Å². The number of carbonyl (C=O) groups excluding carboxylic acids is 1. The van der Waals surface area contributed by atoms with E-state index in [4.69, 9.17) is 0 Å². The van der Waals surface area contributed by atoms with Crippen LogP contribution in [0.3, 0.4) is 0 Å². The van der Waals surface area contributed by atoms with E-state index in [0.29, 0.717) is 11.9 Å². The van der Waals surface area contributed by atoms with Gasteiger partial charge in [-0.25, -0.2) is 0 Å². The van der Waals surface area contributed by atoms with Gasteiger partial charge in [0.15, 0.2) is 0 Å². The van der Waals surface area contributed by atoms with Crippen LogP contribution in [0.25, 0.3) is 0 Å². The summed E-state index contributed by atoms with van der Waals surface area (Å²) in [5.41, 5.74) is 1.28. The Hall–Kier alpha value is -0.870. The summed E-state index contributed by atoms with van der Waals surface area (Å²) in [6.45, 7) is 2.16. The van der Waals surface area contributed by atoms with Gasteiger partial charge in [0.25, 0.3) is 0 Å². The zero-order valence-corrected chi connectivity index (χ0v) is 13.4. The predicted octanol–water partition coefficient (Wildman–Crippen LogP) is 3.54. The second-order valence-corrected chi connectivity index (χ2v) is 7.66. The summed E-state index contributed by atoms with van der Waals surface area (Å²) in [6, 6.07) is 2.70. The van der Waals surface area contributed by atoms with Crippen molar-refractivity contribution in [2.24, 2.45) is 11.8 Å². The smallest absolute Gasteiger partial charge is 0.241 e. The van der Waals surface area contributed by atoms with Crippen molar-refractivity contribution in [3.8, 4) is 0 Å². The Balaban J connectivity index is 1.64. The normalized spacial score (nSPS) is 29.6. The first-order valence-electron chi connectivity index (χ1n) is 8.40. The first-order chi connectivity index (χ1) is 10.3. The first kappa shape index (κ1) is 13.8. The number of nitrogens with zero attached hydrogens (tertiary/aromatic N) is 1. The highest BCUT2D eigenvalue weighted by molar-refractivity contribution is 7.07. The average molecular weight is 304 g/mol. The molecule has 1 N–H and O–H groups in total. The summed E-state index contributed by atoms with van der Waals surface area (Å²) < 4.78 is 0. The summed E-state index contributed by atoms with van der Waals surface area (Å²) in [4.78, 5) is 15.2. The molecule has 0 aromatic carbocycles. The van der Waals surface area contributed by atoms with Gasteiger partial charge in [0, 0.05) is 6.04 Å². The van der Waals surface area contributed by atoms with Crippen LogP contribution in [0.5, 0.6) is 0 Å². The van der Waals surface area contributed by atoms with Crippen LogP contribution >= 0.6 is 11.3 Å². The molecular formula is C17H24N2OS. The number of amides is 1. The fourth-order valence-electron chi connectivity index (χ4n) is 3.87. The standard InChI is InChI=1S/C17H24N2OS/c1-2-3-14-17(20)19(15(11-4-5-11)12-6-7-12)16(18-14)13-8-9-21-10-13/h8-12,14-16,18H,2-7H2,1H3. The Labute approximate surface area is 130 Å². The molecule has 0 bridgehead atoms. The van der Waals surface area contributed by atoms with Gasteiger partial charge in [0.05, 0.1) is 6.04 Å². The van der Waals surface area contributed by atoms with Gasteiger partial charge in [-0.15, -0.1) is 0 Å². The molecule has 2 heterocycles. The number of rotatable bonds is 6. The van der Waals surface area contributed by atoms with E-state index < -0.39 is 0 Å². The molecule has 0 spiro atoms. The van der Waals surface area contributed by atoms with E-state index in [2.05, 4.69) is 34.0 Å². The quantitative estimate of drug-likeness (QED) is 0.872. The van der Waals surface area contributed by atoms with Crippen molar-refractivity contribution in [3.63, 3.8) is 0 Å². The highest BCUT2D eigenvalue weighted by atomic mass is 32.1. The third-order valence-electron chi connectivity index (χ3n) is 5.16. The van der Waals surface area contributed by atoms with E-state index >= 15 is 0 Å². The molecule has 0 radical (unpaired) electrons. The van der Waals surface area contributed by atoms with Gasteiger partial charge in [0.1, 0.15) is 6.17 Å². The van der Waals surface area contributed by atoms with Crippen LogP contribution in [-0.2, 0) is 4.79 Å². The molecule has 21 heavy (non-hydrogen) atoms. The van der Waals surface area contributed by atoms with Crippen LogP contribution < -0.4 is 5.32 Å². The molecule has 1 aliphatic heterocycles. The minimum atomic E-state index is 0.0277. The summed E-state index contributed by atoms with van der Waals surface area (Å²) >= 11 is 1.73. The fraction of sp³-hybridized carbons (Fsp3) is 0.706. The summed E-state index contributed by atoms with van der Waals surface area (Å²) in [7, 11) is 0. The maximum absolute atomic E-state index is 13.0. The molecule has 3 aliphatic rings. The molecule has 2 atom stereocenters. The molecule has 3 nitrogen and oxygen atoms in total. The van der Waals surface area contributed by atoms with Crippen LogP contribution in [0.15, 0.2) is 16.8 Å². The Morgan fingerprint density at radius 1 is 1.33 bits per heavy atom. The molecule has 1 saturated heterocycles. The van der Waals surface area contributed by atoms with Crippen molar-refractivity contribution >= 4 is 17.2 Å². The average Bonchev–Trinajstić information content (AvgIpc) is 3.40.